The smallest absolute Gasteiger partial charge is 0.139 e. The molecule has 0 aromatic carbocycles. The second kappa shape index (κ2) is 7.64. The Morgan fingerprint density at radius 1 is 1.62 bits per heavy atom. The molecule has 0 saturated carbocycles. The molecular weight excluding hydrogens is 209 g/mol. The number of ketones is 1. The monoisotopic (exact) mass is 220 g/mol. The fraction of sp³-hybridized carbons (Fsp3) is 0.800. The summed E-state index contributed by atoms with van der Waals surface area (Å²) in [7, 11) is 0. The number of carbonyl (C=O) groups excluding carboxylic acids is 1. The van der Waals surface area contributed by atoms with E-state index in [0.29, 0.717) is 5.75 Å². The van der Waals surface area contributed by atoms with Crippen molar-refractivity contribution in [1.82, 2.24) is 0 Å². The molecule has 0 aliphatic rings. The van der Waals surface area contributed by atoms with Crippen LogP contribution < -0.4 is 0 Å². The van der Waals surface area contributed by atoms with Gasteiger partial charge >= 0.3 is 0 Å². The maximum Gasteiger partial charge on any atom is 0.139 e. The Hall–Kier alpha value is 0.643. The fourth-order valence-corrected chi connectivity index (χ4v) is 0.737. The van der Waals surface area contributed by atoms with Gasteiger partial charge in [-0.2, -0.15) is 11.8 Å². The SMILES string of the molecule is CCSCC(C)=O.[Ru]. The number of hydrogen-bond donors (Lipinski definition) is 0. The van der Waals surface area contributed by atoms with Crippen LogP contribution in [0.25, 0.3) is 0 Å². The third-order valence-electron chi connectivity index (χ3n) is 0.509. The molecule has 0 heterocycles. The van der Waals surface area contributed by atoms with Gasteiger partial charge < -0.3 is 0 Å². The fourth-order valence-electron chi connectivity index (χ4n) is 0.246. The van der Waals surface area contributed by atoms with Crippen LogP contribution >= 0.6 is 11.8 Å². The van der Waals surface area contributed by atoms with Crippen LogP contribution in [0.4, 0.5) is 0 Å². The minimum atomic E-state index is 0. The number of carbonyl (C=O) groups is 1. The summed E-state index contributed by atoms with van der Waals surface area (Å²) in [5.41, 5.74) is 0. The van der Waals surface area contributed by atoms with Gasteiger partial charge in [-0.05, 0) is 12.7 Å². The summed E-state index contributed by atoms with van der Waals surface area (Å²) in [4.78, 5) is 10.2. The zero-order valence-corrected chi connectivity index (χ0v) is 7.64. The van der Waals surface area contributed by atoms with Crippen LogP contribution in [0.3, 0.4) is 0 Å². The molecule has 1 nitrogen and oxygen atoms in total. The molecule has 0 atom stereocenters. The molecule has 0 N–H and O–H groups in total. The van der Waals surface area contributed by atoms with Gasteiger partial charge in [-0.15, -0.1) is 0 Å². The molecule has 8 heavy (non-hydrogen) atoms. The van der Waals surface area contributed by atoms with E-state index in [1.807, 2.05) is 6.92 Å². The van der Waals surface area contributed by atoms with E-state index in [2.05, 4.69) is 0 Å². The number of hydrogen-bond acceptors (Lipinski definition) is 2. The van der Waals surface area contributed by atoms with Crippen LogP contribution in [0.1, 0.15) is 13.8 Å². The Kier molecular flexibility index (Phi) is 10.9. The Bertz CT molecular complexity index is 65.4. The first kappa shape index (κ1) is 11.4. The molecule has 0 unspecified atom stereocenters. The zero-order valence-electron chi connectivity index (χ0n) is 5.08. The van der Waals surface area contributed by atoms with Crippen molar-refractivity contribution in [3.63, 3.8) is 0 Å². The molecule has 0 rings (SSSR count). The van der Waals surface area contributed by atoms with Gasteiger partial charge in [0.15, 0.2) is 0 Å². The van der Waals surface area contributed by atoms with Crippen molar-refractivity contribution in [3.8, 4) is 0 Å². The van der Waals surface area contributed by atoms with Gasteiger partial charge in [-0.3, -0.25) is 4.79 Å². The largest absolute Gasteiger partial charge is 0.299 e. The Morgan fingerprint density at radius 2 is 2.12 bits per heavy atom. The van der Waals surface area contributed by atoms with Gasteiger partial charge in [0.05, 0.1) is 5.75 Å². The average molecular weight is 219 g/mol. The minimum absolute atomic E-state index is 0. The molecule has 50 valence electrons. The second-order valence-electron chi connectivity index (χ2n) is 1.34. The molecule has 0 aromatic heterocycles. The first-order chi connectivity index (χ1) is 3.27. The molecule has 0 spiro atoms. The van der Waals surface area contributed by atoms with E-state index in [9.17, 15) is 4.79 Å². The van der Waals surface area contributed by atoms with E-state index in [0.717, 1.165) is 5.75 Å². The third kappa shape index (κ3) is 9.81. The maximum absolute atomic E-state index is 10.2. The molecule has 0 fully saturated rings. The van der Waals surface area contributed by atoms with Crippen molar-refractivity contribution in [3.05, 3.63) is 0 Å². The number of thioether (sulfide) groups is 1. The van der Waals surface area contributed by atoms with E-state index >= 15 is 0 Å². The van der Waals surface area contributed by atoms with Gasteiger partial charge in [0.2, 0.25) is 0 Å². The van der Waals surface area contributed by atoms with E-state index < -0.39 is 0 Å². The predicted molar refractivity (Wildman–Crippen MR) is 33.7 cm³/mol. The van der Waals surface area contributed by atoms with Crippen LogP contribution in [0.15, 0.2) is 0 Å². The van der Waals surface area contributed by atoms with Crippen molar-refractivity contribution < 1.29 is 24.3 Å². The van der Waals surface area contributed by atoms with Crippen LogP contribution in [-0.4, -0.2) is 17.3 Å². The van der Waals surface area contributed by atoms with E-state index in [-0.39, 0.29) is 25.3 Å². The molecule has 0 amide bonds. The predicted octanol–water partition coefficient (Wildman–Crippen LogP) is 1.33. The minimum Gasteiger partial charge on any atom is -0.299 e. The summed E-state index contributed by atoms with van der Waals surface area (Å²) in [5.74, 6) is 1.99. The Labute approximate surface area is 67.4 Å². The standard InChI is InChI=1S/C5H10OS.Ru/c1-3-7-4-5(2)6;/h3-4H2,1-2H3;. The van der Waals surface area contributed by atoms with E-state index in [1.165, 1.54) is 0 Å². The topological polar surface area (TPSA) is 17.1 Å². The van der Waals surface area contributed by atoms with Crippen LogP contribution in [0.2, 0.25) is 0 Å². The number of Topliss-reactive ketones (excluding diaryl/α,β-unsaturated/α-hetero) is 1. The van der Waals surface area contributed by atoms with Crippen molar-refractivity contribution in [2.24, 2.45) is 0 Å². The second-order valence-corrected chi connectivity index (χ2v) is 2.61. The maximum atomic E-state index is 10.2. The normalized spacial score (nSPS) is 7.75. The molecule has 0 radical (unpaired) electrons. The van der Waals surface area contributed by atoms with Crippen molar-refractivity contribution in [1.29, 1.82) is 0 Å². The molecule has 0 aromatic rings. The molecule has 0 saturated heterocycles. The summed E-state index contributed by atoms with van der Waals surface area (Å²) in [6.45, 7) is 3.66. The quantitative estimate of drug-likeness (QED) is 0.666. The van der Waals surface area contributed by atoms with Crippen LogP contribution in [0, 0.1) is 0 Å². The van der Waals surface area contributed by atoms with Crippen LogP contribution in [0.5, 0.6) is 0 Å². The molecule has 0 aliphatic carbocycles. The Balaban J connectivity index is 0. The summed E-state index contributed by atoms with van der Waals surface area (Å²) in [6.07, 6.45) is 0. The van der Waals surface area contributed by atoms with Crippen molar-refractivity contribution in [2.45, 2.75) is 13.8 Å². The third-order valence-corrected chi connectivity index (χ3v) is 1.53. The first-order valence-corrected chi connectivity index (χ1v) is 3.50. The molecule has 0 bridgehead atoms. The van der Waals surface area contributed by atoms with E-state index in [4.69, 9.17) is 0 Å². The van der Waals surface area contributed by atoms with Gasteiger partial charge in [0, 0.05) is 19.5 Å². The average Bonchev–Trinajstić information content (AvgIpc) is 1.61. The first-order valence-electron chi connectivity index (χ1n) is 2.34. The molecular formula is C5H10ORuS. The van der Waals surface area contributed by atoms with Gasteiger partial charge in [-0.25, -0.2) is 0 Å². The number of rotatable bonds is 3. The summed E-state index contributed by atoms with van der Waals surface area (Å²) >= 11 is 1.67. The molecule has 0 aliphatic heterocycles. The zero-order chi connectivity index (χ0) is 5.70. The summed E-state index contributed by atoms with van der Waals surface area (Å²) < 4.78 is 0. The summed E-state index contributed by atoms with van der Waals surface area (Å²) in [6, 6.07) is 0. The van der Waals surface area contributed by atoms with Gasteiger partial charge in [0.25, 0.3) is 0 Å². The van der Waals surface area contributed by atoms with Gasteiger partial charge in [0.1, 0.15) is 5.78 Å². The van der Waals surface area contributed by atoms with E-state index in [1.54, 1.807) is 18.7 Å². The van der Waals surface area contributed by atoms with Crippen LogP contribution in [-0.2, 0) is 24.3 Å². The molecule has 3 heteroatoms. The van der Waals surface area contributed by atoms with Crippen molar-refractivity contribution in [2.75, 3.05) is 11.5 Å². The summed E-state index contributed by atoms with van der Waals surface area (Å²) in [5, 5.41) is 0. The Morgan fingerprint density at radius 3 is 2.25 bits per heavy atom. The van der Waals surface area contributed by atoms with Gasteiger partial charge in [-0.1, -0.05) is 6.92 Å². The van der Waals surface area contributed by atoms with Crippen molar-refractivity contribution >= 4 is 17.5 Å².